The third-order valence-electron chi connectivity index (χ3n) is 2.57. The summed E-state index contributed by atoms with van der Waals surface area (Å²) in [6.07, 6.45) is 0. The van der Waals surface area contributed by atoms with Crippen molar-refractivity contribution in [3.05, 3.63) is 51.9 Å². The van der Waals surface area contributed by atoms with Crippen molar-refractivity contribution in [2.75, 3.05) is 11.9 Å². The highest BCUT2D eigenvalue weighted by Gasteiger charge is 2.04. The van der Waals surface area contributed by atoms with Gasteiger partial charge in [-0.2, -0.15) is 0 Å². The summed E-state index contributed by atoms with van der Waals surface area (Å²) in [5.41, 5.74) is 0.801. The predicted octanol–water partition coefficient (Wildman–Crippen LogP) is 4.59. The number of hydrogen-bond acceptors (Lipinski definition) is 1. The SMILES string of the molecule is O=C(NC/C(Br)=C\Br)Nc1cccc2ccccc12. The maximum Gasteiger partial charge on any atom is 0.319 e. The van der Waals surface area contributed by atoms with Gasteiger partial charge >= 0.3 is 6.03 Å². The lowest BCUT2D eigenvalue weighted by molar-refractivity contribution is 0.253. The molecule has 0 bridgehead atoms. The quantitative estimate of drug-likeness (QED) is 0.799. The van der Waals surface area contributed by atoms with E-state index >= 15 is 0 Å². The number of carbonyl (C=O) groups excluding carboxylic acids is 1. The molecule has 0 saturated carbocycles. The highest BCUT2D eigenvalue weighted by Crippen LogP contribution is 2.22. The van der Waals surface area contributed by atoms with Gasteiger partial charge in [0.25, 0.3) is 0 Å². The monoisotopic (exact) mass is 382 g/mol. The molecule has 0 aliphatic carbocycles. The van der Waals surface area contributed by atoms with Crippen molar-refractivity contribution in [2.24, 2.45) is 0 Å². The largest absolute Gasteiger partial charge is 0.333 e. The van der Waals surface area contributed by atoms with Gasteiger partial charge in [0.2, 0.25) is 0 Å². The fourth-order valence-electron chi connectivity index (χ4n) is 1.70. The Morgan fingerprint density at radius 3 is 2.68 bits per heavy atom. The lowest BCUT2D eigenvalue weighted by Gasteiger charge is -2.09. The minimum Gasteiger partial charge on any atom is -0.333 e. The molecule has 0 aliphatic heterocycles. The summed E-state index contributed by atoms with van der Waals surface area (Å²) in [5, 5.41) is 7.72. The molecule has 98 valence electrons. The zero-order valence-corrected chi connectivity index (χ0v) is 13.2. The van der Waals surface area contributed by atoms with Crippen molar-refractivity contribution in [3.63, 3.8) is 0 Å². The minimum absolute atomic E-state index is 0.234. The van der Waals surface area contributed by atoms with E-state index in [0.29, 0.717) is 6.54 Å². The van der Waals surface area contributed by atoms with E-state index < -0.39 is 0 Å². The van der Waals surface area contributed by atoms with Gasteiger partial charge in [-0.25, -0.2) is 4.79 Å². The Morgan fingerprint density at radius 1 is 1.16 bits per heavy atom. The molecule has 0 atom stereocenters. The lowest BCUT2D eigenvalue weighted by atomic mass is 10.1. The van der Waals surface area contributed by atoms with E-state index in [4.69, 9.17) is 0 Å². The number of benzene rings is 2. The van der Waals surface area contributed by atoms with E-state index in [1.54, 1.807) is 4.99 Å². The van der Waals surface area contributed by atoms with Gasteiger partial charge in [-0.05, 0) is 16.4 Å². The van der Waals surface area contributed by atoms with E-state index in [1.165, 1.54) is 0 Å². The second kappa shape index (κ2) is 6.73. The highest BCUT2D eigenvalue weighted by atomic mass is 79.9. The Labute approximate surface area is 128 Å². The fraction of sp³-hybridized carbons (Fsp3) is 0.0714. The van der Waals surface area contributed by atoms with Crippen LogP contribution in [-0.2, 0) is 0 Å². The molecule has 5 heteroatoms. The first-order chi connectivity index (χ1) is 9.20. The molecule has 0 aliphatic rings. The first kappa shape index (κ1) is 14.1. The van der Waals surface area contributed by atoms with E-state index in [9.17, 15) is 4.79 Å². The molecule has 2 amide bonds. The summed E-state index contributed by atoms with van der Waals surface area (Å²) in [6.45, 7) is 0.432. The molecule has 0 unspecified atom stereocenters. The van der Waals surface area contributed by atoms with Crippen molar-refractivity contribution >= 4 is 54.4 Å². The molecule has 19 heavy (non-hydrogen) atoms. The van der Waals surface area contributed by atoms with Crippen LogP contribution in [0.2, 0.25) is 0 Å². The number of urea groups is 1. The van der Waals surface area contributed by atoms with Gasteiger partial charge in [-0.15, -0.1) is 0 Å². The molecular formula is C14H12Br2N2O. The van der Waals surface area contributed by atoms with Crippen molar-refractivity contribution in [1.82, 2.24) is 5.32 Å². The van der Waals surface area contributed by atoms with Crippen molar-refractivity contribution in [1.29, 1.82) is 0 Å². The number of nitrogens with one attached hydrogen (secondary N) is 2. The van der Waals surface area contributed by atoms with Crippen molar-refractivity contribution in [2.45, 2.75) is 0 Å². The maximum atomic E-state index is 11.8. The molecule has 2 N–H and O–H groups in total. The first-order valence-corrected chi connectivity index (χ1v) is 7.39. The van der Waals surface area contributed by atoms with Crippen LogP contribution in [0.15, 0.2) is 51.9 Å². The molecule has 2 rings (SSSR count). The summed E-state index contributed by atoms with van der Waals surface area (Å²) < 4.78 is 0.862. The maximum absolute atomic E-state index is 11.8. The van der Waals surface area contributed by atoms with Gasteiger partial charge in [0, 0.05) is 9.87 Å². The van der Waals surface area contributed by atoms with Crippen molar-refractivity contribution < 1.29 is 4.79 Å². The molecule has 3 nitrogen and oxygen atoms in total. The van der Waals surface area contributed by atoms with Crippen LogP contribution < -0.4 is 10.6 Å². The third kappa shape index (κ3) is 3.81. The Bertz CT molecular complexity index is 620. The fourth-order valence-corrected chi connectivity index (χ4v) is 2.01. The minimum atomic E-state index is -0.234. The van der Waals surface area contributed by atoms with Crippen LogP contribution in [-0.4, -0.2) is 12.6 Å². The van der Waals surface area contributed by atoms with E-state index in [-0.39, 0.29) is 6.03 Å². The zero-order chi connectivity index (χ0) is 13.7. The molecule has 2 aromatic rings. The molecule has 0 saturated heterocycles. The molecule has 0 fully saturated rings. The van der Waals surface area contributed by atoms with Gasteiger partial charge < -0.3 is 10.6 Å². The third-order valence-corrected chi connectivity index (χ3v) is 4.25. The molecule has 0 spiro atoms. The summed E-state index contributed by atoms with van der Waals surface area (Å²) in [6, 6.07) is 13.5. The molecule has 0 radical (unpaired) electrons. The molecule has 0 heterocycles. The topological polar surface area (TPSA) is 41.1 Å². The van der Waals surface area contributed by atoms with E-state index in [1.807, 2.05) is 42.5 Å². The number of fused-ring (bicyclic) bond motifs is 1. The van der Waals surface area contributed by atoms with Crippen LogP contribution in [0.1, 0.15) is 0 Å². The van der Waals surface area contributed by atoms with Crippen LogP contribution in [0.4, 0.5) is 10.5 Å². The number of halogens is 2. The van der Waals surface area contributed by atoms with Gasteiger partial charge in [0.05, 0.1) is 12.2 Å². The average Bonchev–Trinajstić information content (AvgIpc) is 2.45. The number of hydrogen-bond donors (Lipinski definition) is 2. The molecule has 0 aromatic heterocycles. The second-order valence-corrected chi connectivity index (χ2v) is 5.37. The Kier molecular flexibility index (Phi) is 4.99. The summed E-state index contributed by atoms with van der Waals surface area (Å²) in [5.74, 6) is 0. The van der Waals surface area contributed by atoms with Crippen LogP contribution >= 0.6 is 31.9 Å². The normalized spacial score (nSPS) is 11.4. The Morgan fingerprint density at radius 2 is 1.89 bits per heavy atom. The Hall–Kier alpha value is -1.33. The number of anilines is 1. The number of carbonyl (C=O) groups is 1. The van der Waals surface area contributed by atoms with E-state index in [2.05, 4.69) is 42.5 Å². The van der Waals surface area contributed by atoms with Crippen LogP contribution in [0.25, 0.3) is 10.8 Å². The smallest absolute Gasteiger partial charge is 0.319 e. The van der Waals surface area contributed by atoms with Crippen LogP contribution in [0.5, 0.6) is 0 Å². The molecule has 2 aromatic carbocycles. The van der Waals surface area contributed by atoms with Gasteiger partial charge in [0.15, 0.2) is 0 Å². The van der Waals surface area contributed by atoms with E-state index in [0.717, 1.165) is 20.9 Å². The average molecular weight is 384 g/mol. The predicted molar refractivity (Wildman–Crippen MR) is 86.9 cm³/mol. The first-order valence-electron chi connectivity index (χ1n) is 5.68. The summed E-state index contributed by atoms with van der Waals surface area (Å²) in [4.78, 5) is 13.5. The van der Waals surface area contributed by atoms with Crippen LogP contribution in [0.3, 0.4) is 0 Å². The van der Waals surface area contributed by atoms with Gasteiger partial charge in [0.1, 0.15) is 0 Å². The number of rotatable bonds is 3. The van der Waals surface area contributed by atoms with Gasteiger partial charge in [-0.1, -0.05) is 68.3 Å². The second-order valence-electron chi connectivity index (χ2n) is 3.89. The van der Waals surface area contributed by atoms with Gasteiger partial charge in [-0.3, -0.25) is 0 Å². The van der Waals surface area contributed by atoms with Crippen molar-refractivity contribution in [3.8, 4) is 0 Å². The summed E-state index contributed by atoms with van der Waals surface area (Å²) in [7, 11) is 0. The zero-order valence-electron chi connectivity index (χ0n) is 9.99. The standard InChI is InChI=1S/C14H12Br2N2O/c15-8-11(16)9-17-14(19)18-13-7-3-5-10-4-1-2-6-12(10)13/h1-8H,9H2,(H2,17,18,19)/b11-8+. The summed E-state index contributed by atoms with van der Waals surface area (Å²) >= 11 is 6.49. The number of amides is 2. The Balaban J connectivity index is 2.11. The molecular weight excluding hydrogens is 372 g/mol. The van der Waals surface area contributed by atoms with Crippen LogP contribution in [0, 0.1) is 0 Å². The lowest BCUT2D eigenvalue weighted by Crippen LogP contribution is -2.29. The highest BCUT2D eigenvalue weighted by molar-refractivity contribution is 9.14.